The van der Waals surface area contributed by atoms with Crippen molar-refractivity contribution in [1.82, 2.24) is 24.7 Å². The second kappa shape index (κ2) is 6.59. The van der Waals surface area contributed by atoms with Gasteiger partial charge in [-0.05, 0) is 60.2 Å². The quantitative estimate of drug-likeness (QED) is 0.499. The van der Waals surface area contributed by atoms with E-state index in [0.29, 0.717) is 15.3 Å². The van der Waals surface area contributed by atoms with Gasteiger partial charge in [0.05, 0.1) is 22.6 Å². The smallest absolute Gasteiger partial charge is 0.273 e. The Balaban J connectivity index is 1.96. The standard InChI is InChI=1S/C15H15IN6O2/c1-9-4-10(2)22(20-9)15-19-17-8-21(15)18-7-11-5-12(16)14(23)13(6-11)24-3/h4-8,23H,1-3H3/b18-7+. The van der Waals surface area contributed by atoms with Crippen LogP contribution >= 0.6 is 22.6 Å². The Labute approximate surface area is 151 Å². The number of phenols is 1. The first-order chi connectivity index (χ1) is 11.5. The molecule has 3 rings (SSSR count). The van der Waals surface area contributed by atoms with Crippen molar-refractivity contribution < 1.29 is 9.84 Å². The lowest BCUT2D eigenvalue weighted by Gasteiger charge is -2.06. The Morgan fingerprint density at radius 3 is 2.75 bits per heavy atom. The molecule has 0 saturated heterocycles. The minimum atomic E-state index is 0.114. The molecule has 0 atom stereocenters. The lowest BCUT2D eigenvalue weighted by atomic mass is 10.2. The zero-order chi connectivity index (χ0) is 17.3. The molecule has 0 saturated carbocycles. The lowest BCUT2D eigenvalue weighted by molar-refractivity contribution is 0.371. The van der Waals surface area contributed by atoms with Gasteiger partial charge in [-0.2, -0.15) is 14.9 Å². The van der Waals surface area contributed by atoms with Gasteiger partial charge in [0.25, 0.3) is 5.95 Å². The van der Waals surface area contributed by atoms with Gasteiger partial charge < -0.3 is 9.84 Å². The Morgan fingerprint density at radius 1 is 1.29 bits per heavy atom. The predicted molar refractivity (Wildman–Crippen MR) is 97.0 cm³/mol. The van der Waals surface area contributed by atoms with Crippen LogP contribution in [0.15, 0.2) is 29.6 Å². The number of phenolic OH excluding ortho intramolecular Hbond substituents is 1. The van der Waals surface area contributed by atoms with Gasteiger partial charge in [-0.3, -0.25) is 0 Å². The van der Waals surface area contributed by atoms with E-state index < -0.39 is 0 Å². The molecule has 2 aromatic heterocycles. The van der Waals surface area contributed by atoms with Gasteiger partial charge in [-0.1, -0.05) is 0 Å². The molecule has 124 valence electrons. The molecule has 0 radical (unpaired) electrons. The van der Waals surface area contributed by atoms with Crippen LogP contribution in [0.4, 0.5) is 0 Å². The first-order valence-electron chi connectivity index (χ1n) is 7.04. The van der Waals surface area contributed by atoms with E-state index in [-0.39, 0.29) is 5.75 Å². The number of hydrogen-bond donors (Lipinski definition) is 1. The Bertz CT molecular complexity index is 915. The van der Waals surface area contributed by atoms with Crippen LogP contribution in [-0.2, 0) is 0 Å². The van der Waals surface area contributed by atoms with Crippen LogP contribution < -0.4 is 4.74 Å². The van der Waals surface area contributed by atoms with E-state index in [9.17, 15) is 5.11 Å². The van der Waals surface area contributed by atoms with Gasteiger partial charge in [0.15, 0.2) is 11.5 Å². The lowest BCUT2D eigenvalue weighted by Crippen LogP contribution is -2.06. The molecule has 2 heterocycles. The van der Waals surface area contributed by atoms with Gasteiger partial charge in [-0.15, -0.1) is 10.2 Å². The van der Waals surface area contributed by atoms with Crippen molar-refractivity contribution in [3.63, 3.8) is 0 Å². The summed E-state index contributed by atoms with van der Waals surface area (Å²) in [5, 5.41) is 26.6. The van der Waals surface area contributed by atoms with Crippen molar-refractivity contribution in [3.8, 4) is 17.4 Å². The van der Waals surface area contributed by atoms with Crippen LogP contribution in [0.25, 0.3) is 5.95 Å². The molecule has 0 amide bonds. The minimum absolute atomic E-state index is 0.114. The van der Waals surface area contributed by atoms with Crippen molar-refractivity contribution in [1.29, 1.82) is 0 Å². The van der Waals surface area contributed by atoms with Crippen molar-refractivity contribution in [2.45, 2.75) is 13.8 Å². The van der Waals surface area contributed by atoms with E-state index in [1.807, 2.05) is 42.5 Å². The molecular weight excluding hydrogens is 423 g/mol. The fraction of sp³-hybridized carbons (Fsp3) is 0.200. The first-order valence-corrected chi connectivity index (χ1v) is 8.12. The minimum Gasteiger partial charge on any atom is -0.504 e. The topological polar surface area (TPSA) is 90.4 Å². The fourth-order valence-electron chi connectivity index (χ4n) is 2.23. The van der Waals surface area contributed by atoms with Gasteiger partial charge in [-0.25, -0.2) is 4.68 Å². The summed E-state index contributed by atoms with van der Waals surface area (Å²) in [4.78, 5) is 0. The molecule has 0 fully saturated rings. The third-order valence-corrected chi connectivity index (χ3v) is 4.14. The molecular formula is C15H15IN6O2. The summed E-state index contributed by atoms with van der Waals surface area (Å²) in [6.07, 6.45) is 3.15. The number of aromatic hydroxyl groups is 1. The number of benzene rings is 1. The van der Waals surface area contributed by atoms with E-state index in [0.717, 1.165) is 17.0 Å². The van der Waals surface area contributed by atoms with Crippen molar-refractivity contribution in [2.24, 2.45) is 5.10 Å². The zero-order valence-corrected chi connectivity index (χ0v) is 15.5. The van der Waals surface area contributed by atoms with Crippen LogP contribution in [0.2, 0.25) is 0 Å². The Hall–Kier alpha value is -2.43. The summed E-state index contributed by atoms with van der Waals surface area (Å²) in [6, 6.07) is 5.46. The molecule has 1 N–H and O–H groups in total. The van der Waals surface area contributed by atoms with E-state index in [4.69, 9.17) is 4.74 Å². The molecule has 0 aliphatic rings. The third-order valence-electron chi connectivity index (χ3n) is 3.31. The highest BCUT2D eigenvalue weighted by molar-refractivity contribution is 14.1. The summed E-state index contributed by atoms with van der Waals surface area (Å²) < 4.78 is 9.04. The zero-order valence-electron chi connectivity index (χ0n) is 13.3. The second-order valence-electron chi connectivity index (χ2n) is 5.11. The highest BCUT2D eigenvalue weighted by Crippen LogP contribution is 2.31. The predicted octanol–water partition coefficient (Wildman–Crippen LogP) is 2.28. The van der Waals surface area contributed by atoms with Gasteiger partial charge in [0.1, 0.15) is 6.33 Å². The Morgan fingerprint density at radius 2 is 2.08 bits per heavy atom. The maximum atomic E-state index is 9.89. The van der Waals surface area contributed by atoms with Crippen molar-refractivity contribution in [3.05, 3.63) is 45.0 Å². The summed E-state index contributed by atoms with van der Waals surface area (Å²) in [7, 11) is 1.51. The van der Waals surface area contributed by atoms with Crippen LogP contribution in [0, 0.1) is 17.4 Å². The molecule has 0 aliphatic carbocycles. The SMILES string of the molecule is COc1cc(/C=N/n2cnnc2-n2nc(C)cc2C)cc(I)c1O. The number of methoxy groups -OCH3 is 1. The molecule has 0 aliphatic heterocycles. The number of halogens is 1. The molecule has 0 spiro atoms. The summed E-state index contributed by atoms with van der Waals surface area (Å²) in [6.45, 7) is 3.86. The van der Waals surface area contributed by atoms with Crippen LogP contribution in [0.1, 0.15) is 17.0 Å². The first kappa shape index (κ1) is 16.4. The summed E-state index contributed by atoms with van der Waals surface area (Å²) >= 11 is 2.04. The molecule has 0 bridgehead atoms. The highest BCUT2D eigenvalue weighted by Gasteiger charge is 2.11. The number of nitrogens with zero attached hydrogens (tertiary/aromatic N) is 6. The summed E-state index contributed by atoms with van der Waals surface area (Å²) in [5.41, 5.74) is 2.61. The average Bonchev–Trinajstić information content (AvgIpc) is 3.13. The molecule has 8 nitrogen and oxygen atoms in total. The fourth-order valence-corrected chi connectivity index (χ4v) is 2.85. The molecule has 9 heteroatoms. The van der Waals surface area contributed by atoms with Crippen LogP contribution in [0.5, 0.6) is 11.5 Å². The van der Waals surface area contributed by atoms with Crippen LogP contribution in [-0.4, -0.2) is 43.1 Å². The highest BCUT2D eigenvalue weighted by atomic mass is 127. The summed E-state index contributed by atoms with van der Waals surface area (Å²) in [5.74, 6) is 1.01. The molecule has 1 aromatic carbocycles. The van der Waals surface area contributed by atoms with Gasteiger partial charge in [0, 0.05) is 5.69 Å². The molecule has 24 heavy (non-hydrogen) atoms. The third kappa shape index (κ3) is 3.11. The largest absolute Gasteiger partial charge is 0.504 e. The van der Waals surface area contributed by atoms with E-state index in [2.05, 4.69) is 20.4 Å². The van der Waals surface area contributed by atoms with Crippen molar-refractivity contribution in [2.75, 3.05) is 7.11 Å². The Kier molecular flexibility index (Phi) is 4.51. The number of aromatic nitrogens is 5. The number of hydrogen-bond acceptors (Lipinski definition) is 6. The number of aryl methyl sites for hydroxylation is 2. The maximum absolute atomic E-state index is 9.89. The number of rotatable bonds is 4. The average molecular weight is 438 g/mol. The molecule has 0 unspecified atom stereocenters. The van der Waals surface area contributed by atoms with Crippen LogP contribution in [0.3, 0.4) is 0 Å². The second-order valence-corrected chi connectivity index (χ2v) is 6.27. The molecule has 3 aromatic rings. The number of ether oxygens (including phenoxy) is 1. The van der Waals surface area contributed by atoms with E-state index in [1.54, 1.807) is 23.0 Å². The van der Waals surface area contributed by atoms with E-state index >= 15 is 0 Å². The van der Waals surface area contributed by atoms with E-state index in [1.165, 1.54) is 18.1 Å². The van der Waals surface area contributed by atoms with Gasteiger partial charge >= 0.3 is 0 Å². The monoisotopic (exact) mass is 438 g/mol. The maximum Gasteiger partial charge on any atom is 0.273 e. The normalized spacial score (nSPS) is 11.3. The van der Waals surface area contributed by atoms with Gasteiger partial charge in [0.2, 0.25) is 0 Å². The van der Waals surface area contributed by atoms with Crippen molar-refractivity contribution >= 4 is 28.8 Å².